The highest BCUT2D eigenvalue weighted by molar-refractivity contribution is 5.94. The first kappa shape index (κ1) is 16.0. The summed E-state index contributed by atoms with van der Waals surface area (Å²) in [6.07, 6.45) is 1.98. The highest BCUT2D eigenvalue weighted by Gasteiger charge is 2.12. The van der Waals surface area contributed by atoms with E-state index in [1.54, 1.807) is 25.2 Å². The Morgan fingerprint density at radius 2 is 1.96 bits per heavy atom. The predicted molar refractivity (Wildman–Crippen MR) is 91.3 cm³/mol. The standard InChI is InChI=1S/C19H19N3O2/c1-21-19(23)15-3-5-18(16(10-15)12-20)24-17-4-2-13-6-8-22-9-7-14(13)11-17/h2-5,10-11,22H,6-9H2,1H3,(H,21,23). The molecule has 0 radical (unpaired) electrons. The van der Waals surface area contributed by atoms with E-state index in [2.05, 4.69) is 22.8 Å². The Morgan fingerprint density at radius 3 is 2.71 bits per heavy atom. The smallest absolute Gasteiger partial charge is 0.251 e. The number of ether oxygens (including phenoxy) is 1. The van der Waals surface area contributed by atoms with Gasteiger partial charge in [0.25, 0.3) is 5.91 Å². The van der Waals surface area contributed by atoms with E-state index in [1.807, 2.05) is 12.1 Å². The van der Waals surface area contributed by atoms with Crippen molar-refractivity contribution in [3.63, 3.8) is 0 Å². The van der Waals surface area contributed by atoms with Crippen molar-refractivity contribution < 1.29 is 9.53 Å². The van der Waals surface area contributed by atoms with Crippen LogP contribution in [0.25, 0.3) is 0 Å². The number of hydrogen-bond acceptors (Lipinski definition) is 4. The molecule has 1 amide bonds. The number of carbonyl (C=O) groups is 1. The maximum atomic E-state index is 11.7. The first-order valence-electron chi connectivity index (χ1n) is 7.98. The Morgan fingerprint density at radius 1 is 1.17 bits per heavy atom. The highest BCUT2D eigenvalue weighted by atomic mass is 16.5. The fraction of sp³-hybridized carbons (Fsp3) is 0.263. The molecular formula is C19H19N3O2. The molecule has 1 aliphatic heterocycles. The van der Waals surface area contributed by atoms with Gasteiger partial charge in [0.05, 0.1) is 5.56 Å². The lowest BCUT2D eigenvalue weighted by atomic mass is 10.0. The van der Waals surface area contributed by atoms with Gasteiger partial charge < -0.3 is 15.4 Å². The summed E-state index contributed by atoms with van der Waals surface area (Å²) in [5.41, 5.74) is 3.39. The molecular weight excluding hydrogens is 302 g/mol. The average Bonchev–Trinajstić information content (AvgIpc) is 2.86. The summed E-state index contributed by atoms with van der Waals surface area (Å²) >= 11 is 0. The van der Waals surface area contributed by atoms with E-state index >= 15 is 0 Å². The third-order valence-electron chi connectivity index (χ3n) is 4.14. The first-order valence-corrected chi connectivity index (χ1v) is 7.98. The average molecular weight is 321 g/mol. The van der Waals surface area contributed by atoms with Crippen LogP contribution >= 0.6 is 0 Å². The van der Waals surface area contributed by atoms with Gasteiger partial charge in [0.15, 0.2) is 0 Å². The van der Waals surface area contributed by atoms with Crippen LogP contribution in [-0.2, 0) is 12.8 Å². The van der Waals surface area contributed by atoms with E-state index in [-0.39, 0.29) is 5.91 Å². The van der Waals surface area contributed by atoms with Crippen LogP contribution in [0.4, 0.5) is 0 Å². The van der Waals surface area contributed by atoms with Crippen LogP contribution in [0, 0.1) is 11.3 Å². The number of nitrogens with one attached hydrogen (secondary N) is 2. The van der Waals surface area contributed by atoms with Crippen molar-refractivity contribution in [1.82, 2.24) is 10.6 Å². The quantitative estimate of drug-likeness (QED) is 0.910. The van der Waals surface area contributed by atoms with Gasteiger partial charge in [-0.05, 0) is 67.4 Å². The molecule has 0 atom stereocenters. The summed E-state index contributed by atoms with van der Waals surface area (Å²) in [5.74, 6) is 0.937. The summed E-state index contributed by atoms with van der Waals surface area (Å²) in [4.78, 5) is 11.7. The molecule has 0 saturated carbocycles. The molecule has 0 saturated heterocycles. The Balaban J connectivity index is 1.87. The Kier molecular flexibility index (Phi) is 4.78. The Bertz CT molecular complexity index is 809. The van der Waals surface area contributed by atoms with Crippen LogP contribution < -0.4 is 15.4 Å². The van der Waals surface area contributed by atoms with E-state index in [4.69, 9.17) is 4.74 Å². The molecule has 0 spiro atoms. The lowest BCUT2D eigenvalue weighted by Gasteiger charge is -2.11. The van der Waals surface area contributed by atoms with Crippen molar-refractivity contribution in [2.75, 3.05) is 20.1 Å². The minimum absolute atomic E-state index is 0.226. The molecule has 24 heavy (non-hydrogen) atoms. The molecule has 0 aromatic heterocycles. The van der Waals surface area contributed by atoms with Crippen molar-refractivity contribution in [2.45, 2.75) is 12.8 Å². The number of nitrogens with zero attached hydrogens (tertiary/aromatic N) is 1. The number of amides is 1. The first-order chi connectivity index (χ1) is 11.7. The molecule has 0 unspecified atom stereocenters. The van der Waals surface area contributed by atoms with Gasteiger partial charge in [0, 0.05) is 12.6 Å². The zero-order valence-corrected chi connectivity index (χ0v) is 13.6. The Labute approximate surface area is 141 Å². The van der Waals surface area contributed by atoms with E-state index in [1.165, 1.54) is 11.1 Å². The molecule has 5 heteroatoms. The number of rotatable bonds is 3. The fourth-order valence-electron chi connectivity index (χ4n) is 2.83. The van der Waals surface area contributed by atoms with Crippen LogP contribution in [0.5, 0.6) is 11.5 Å². The number of benzene rings is 2. The molecule has 3 rings (SSSR count). The molecule has 1 aliphatic rings. The van der Waals surface area contributed by atoms with Gasteiger partial charge in [0.1, 0.15) is 17.6 Å². The number of nitriles is 1. The highest BCUT2D eigenvalue weighted by Crippen LogP contribution is 2.28. The maximum absolute atomic E-state index is 11.7. The SMILES string of the molecule is CNC(=O)c1ccc(Oc2ccc3c(c2)CCNCC3)c(C#N)c1. The molecule has 1 heterocycles. The number of fused-ring (bicyclic) bond motifs is 1. The second kappa shape index (κ2) is 7.16. The van der Waals surface area contributed by atoms with Gasteiger partial charge in [-0.25, -0.2) is 0 Å². The lowest BCUT2D eigenvalue weighted by molar-refractivity contribution is 0.0963. The predicted octanol–water partition coefficient (Wildman–Crippen LogP) is 2.40. The zero-order valence-electron chi connectivity index (χ0n) is 13.6. The van der Waals surface area contributed by atoms with Crippen molar-refractivity contribution in [1.29, 1.82) is 5.26 Å². The zero-order chi connectivity index (χ0) is 16.9. The minimum atomic E-state index is -0.226. The number of carbonyl (C=O) groups excluding carboxylic acids is 1. The molecule has 2 aromatic rings. The summed E-state index contributed by atoms with van der Waals surface area (Å²) in [5, 5.41) is 15.3. The molecule has 2 aromatic carbocycles. The van der Waals surface area contributed by atoms with Crippen LogP contribution in [0.3, 0.4) is 0 Å². The van der Waals surface area contributed by atoms with Crippen molar-refractivity contribution >= 4 is 5.91 Å². The van der Waals surface area contributed by atoms with E-state index in [0.29, 0.717) is 22.6 Å². The normalized spacial score (nSPS) is 13.3. The molecule has 0 aliphatic carbocycles. The third kappa shape index (κ3) is 3.39. The summed E-state index contributed by atoms with van der Waals surface area (Å²) in [7, 11) is 1.56. The largest absolute Gasteiger partial charge is 0.456 e. The van der Waals surface area contributed by atoms with E-state index < -0.39 is 0 Å². The van der Waals surface area contributed by atoms with E-state index in [0.717, 1.165) is 25.9 Å². The van der Waals surface area contributed by atoms with Crippen LogP contribution in [0.1, 0.15) is 27.0 Å². The van der Waals surface area contributed by atoms with E-state index in [9.17, 15) is 10.1 Å². The third-order valence-corrected chi connectivity index (χ3v) is 4.14. The minimum Gasteiger partial charge on any atom is -0.456 e. The summed E-state index contributed by atoms with van der Waals surface area (Å²) < 4.78 is 5.90. The number of hydrogen-bond donors (Lipinski definition) is 2. The fourth-order valence-corrected chi connectivity index (χ4v) is 2.83. The van der Waals surface area contributed by atoms with Gasteiger partial charge in [-0.2, -0.15) is 5.26 Å². The van der Waals surface area contributed by atoms with Gasteiger partial charge in [-0.3, -0.25) is 4.79 Å². The second-order valence-electron chi connectivity index (χ2n) is 5.68. The molecule has 5 nitrogen and oxygen atoms in total. The van der Waals surface area contributed by atoms with Crippen LogP contribution in [0.2, 0.25) is 0 Å². The molecule has 122 valence electrons. The van der Waals surface area contributed by atoms with Gasteiger partial charge in [0.2, 0.25) is 0 Å². The summed E-state index contributed by atoms with van der Waals surface area (Å²) in [6.45, 7) is 1.95. The molecule has 2 N–H and O–H groups in total. The van der Waals surface area contributed by atoms with Gasteiger partial charge >= 0.3 is 0 Å². The molecule has 0 fully saturated rings. The van der Waals surface area contributed by atoms with Crippen molar-refractivity contribution in [3.8, 4) is 17.6 Å². The van der Waals surface area contributed by atoms with Crippen LogP contribution in [-0.4, -0.2) is 26.0 Å². The Hall–Kier alpha value is -2.84. The second-order valence-corrected chi connectivity index (χ2v) is 5.68. The van der Waals surface area contributed by atoms with Crippen molar-refractivity contribution in [2.24, 2.45) is 0 Å². The van der Waals surface area contributed by atoms with Crippen molar-refractivity contribution in [3.05, 3.63) is 58.7 Å². The topological polar surface area (TPSA) is 74.2 Å². The monoisotopic (exact) mass is 321 g/mol. The maximum Gasteiger partial charge on any atom is 0.251 e. The van der Waals surface area contributed by atoms with Gasteiger partial charge in [-0.15, -0.1) is 0 Å². The van der Waals surface area contributed by atoms with Gasteiger partial charge in [-0.1, -0.05) is 6.07 Å². The molecule has 0 bridgehead atoms. The lowest BCUT2D eigenvalue weighted by Crippen LogP contribution is -2.17. The summed E-state index contributed by atoms with van der Waals surface area (Å²) in [6, 6.07) is 13.0. The van der Waals surface area contributed by atoms with Crippen LogP contribution in [0.15, 0.2) is 36.4 Å².